The molecule has 0 amide bonds. The van der Waals surface area contributed by atoms with Crippen LogP contribution in [0.1, 0.15) is 141 Å². The van der Waals surface area contributed by atoms with Gasteiger partial charge in [-0.15, -0.1) is 0 Å². The molecule has 4 aromatic carbocycles. The number of hydrogen-bond acceptors (Lipinski definition) is 2. The van der Waals surface area contributed by atoms with Crippen molar-refractivity contribution in [2.45, 2.75) is 110 Å². The van der Waals surface area contributed by atoms with E-state index in [1.807, 2.05) is 0 Å². The molecule has 0 saturated carbocycles. The predicted molar refractivity (Wildman–Crippen MR) is 192 cm³/mol. The van der Waals surface area contributed by atoms with E-state index in [2.05, 4.69) is 126 Å². The van der Waals surface area contributed by atoms with Crippen LogP contribution in [0.15, 0.2) is 84.9 Å². The van der Waals surface area contributed by atoms with Gasteiger partial charge in [0.25, 0.3) is 0 Å². The molecule has 0 spiro atoms. The lowest BCUT2D eigenvalue weighted by molar-refractivity contribution is 0.645. The van der Waals surface area contributed by atoms with Gasteiger partial charge in [0, 0.05) is 29.1 Å². The highest BCUT2D eigenvalue weighted by atomic mass is 14.5. The molecule has 4 N–H and O–H groups in total. The molecule has 0 fully saturated rings. The standard InChI is InChI=1S/C42H55N2/c1-6-9-12-15-40(32-16-20-34(21-17-32)41(13-10-7-2)38-26-24-36(43)28-30(38)4)33-18-22-35(23-19-33)42(14-11-8-3)39-27-25-37(44)29-31(39)5/h9,16-29,40-42H,6-8,10-15,43-44H2,1-5H3. The van der Waals surface area contributed by atoms with Crippen molar-refractivity contribution in [1.82, 2.24) is 0 Å². The van der Waals surface area contributed by atoms with E-state index in [4.69, 9.17) is 11.5 Å². The summed E-state index contributed by atoms with van der Waals surface area (Å²) in [5.74, 6) is 1.17. The van der Waals surface area contributed by atoms with E-state index in [0.717, 1.165) is 43.5 Å². The summed E-state index contributed by atoms with van der Waals surface area (Å²) in [5, 5.41) is 0. The van der Waals surface area contributed by atoms with Gasteiger partial charge in [0.05, 0.1) is 0 Å². The van der Waals surface area contributed by atoms with Crippen LogP contribution in [0.4, 0.5) is 11.4 Å². The fraction of sp³-hybridized carbons (Fsp3) is 0.405. The highest BCUT2D eigenvalue weighted by molar-refractivity contribution is 5.50. The van der Waals surface area contributed by atoms with Crippen LogP contribution in [0, 0.1) is 20.3 Å². The molecule has 0 aromatic heterocycles. The molecule has 4 aromatic rings. The van der Waals surface area contributed by atoms with Crippen LogP contribution in [0.2, 0.25) is 0 Å². The van der Waals surface area contributed by atoms with Crippen LogP contribution in [0.25, 0.3) is 0 Å². The molecule has 233 valence electrons. The first-order valence-electron chi connectivity index (χ1n) is 17.1. The first kappa shape index (κ1) is 33.4. The van der Waals surface area contributed by atoms with Crippen molar-refractivity contribution in [2.75, 3.05) is 11.5 Å². The Morgan fingerprint density at radius 3 is 1.25 bits per heavy atom. The van der Waals surface area contributed by atoms with Gasteiger partial charge >= 0.3 is 0 Å². The monoisotopic (exact) mass is 587 g/mol. The predicted octanol–water partition coefficient (Wildman–Crippen LogP) is 11.6. The van der Waals surface area contributed by atoms with Gasteiger partial charge in [-0.1, -0.05) is 114 Å². The Balaban J connectivity index is 1.64. The zero-order valence-corrected chi connectivity index (χ0v) is 27.9. The number of rotatable bonds is 16. The van der Waals surface area contributed by atoms with Gasteiger partial charge in [0.2, 0.25) is 0 Å². The highest BCUT2D eigenvalue weighted by Crippen LogP contribution is 2.37. The SMILES string of the molecule is CC[CH]CCC(c1ccc(C(CCCC)c2ccc(N)cc2C)cc1)c1ccc(C(CCCC)c2ccc(N)cc2C)cc1. The molecule has 2 unspecified atom stereocenters. The first-order chi connectivity index (χ1) is 21.4. The van der Waals surface area contributed by atoms with E-state index in [-0.39, 0.29) is 0 Å². The van der Waals surface area contributed by atoms with Gasteiger partial charge in [-0.2, -0.15) is 0 Å². The summed E-state index contributed by atoms with van der Waals surface area (Å²) in [6, 6.07) is 32.0. The summed E-state index contributed by atoms with van der Waals surface area (Å²) in [5.41, 5.74) is 24.9. The molecule has 2 heteroatoms. The van der Waals surface area contributed by atoms with Crippen LogP contribution >= 0.6 is 0 Å². The molecule has 2 atom stereocenters. The molecular formula is C42H55N2. The van der Waals surface area contributed by atoms with Gasteiger partial charge < -0.3 is 11.5 Å². The molecule has 2 nitrogen and oxygen atoms in total. The summed E-state index contributed by atoms with van der Waals surface area (Å²) >= 11 is 0. The molecule has 0 saturated heterocycles. The Morgan fingerprint density at radius 2 is 0.909 bits per heavy atom. The molecular weight excluding hydrogens is 532 g/mol. The second-order valence-electron chi connectivity index (χ2n) is 12.8. The lowest BCUT2D eigenvalue weighted by Crippen LogP contribution is -2.07. The minimum Gasteiger partial charge on any atom is -0.399 e. The smallest absolute Gasteiger partial charge is 0.0316 e. The zero-order valence-electron chi connectivity index (χ0n) is 27.9. The maximum absolute atomic E-state index is 6.11. The Labute approximate surface area is 268 Å². The lowest BCUT2D eigenvalue weighted by atomic mass is 9.81. The molecule has 0 aliphatic carbocycles. The Morgan fingerprint density at radius 1 is 0.523 bits per heavy atom. The molecule has 4 rings (SSSR count). The number of benzene rings is 4. The van der Waals surface area contributed by atoms with Gasteiger partial charge in [0.15, 0.2) is 0 Å². The minimum atomic E-state index is 0.376. The van der Waals surface area contributed by atoms with Crippen LogP contribution in [-0.2, 0) is 0 Å². The summed E-state index contributed by atoms with van der Waals surface area (Å²) in [6.07, 6.45) is 12.9. The third kappa shape index (κ3) is 8.56. The molecule has 0 aliphatic rings. The maximum atomic E-state index is 6.11. The number of nitrogens with two attached hydrogens (primary N) is 2. The fourth-order valence-corrected chi connectivity index (χ4v) is 6.94. The summed E-state index contributed by atoms with van der Waals surface area (Å²) < 4.78 is 0. The van der Waals surface area contributed by atoms with Gasteiger partial charge in [-0.25, -0.2) is 0 Å². The molecule has 1 radical (unpaired) electrons. The number of unbranched alkanes of at least 4 members (excludes halogenated alkanes) is 4. The van der Waals surface area contributed by atoms with E-state index >= 15 is 0 Å². The van der Waals surface area contributed by atoms with Crippen molar-refractivity contribution in [1.29, 1.82) is 0 Å². The molecule has 0 heterocycles. The third-order valence-electron chi connectivity index (χ3n) is 9.46. The average molecular weight is 588 g/mol. The van der Waals surface area contributed by atoms with E-state index in [0.29, 0.717) is 17.8 Å². The van der Waals surface area contributed by atoms with E-state index in [1.54, 1.807) is 0 Å². The normalized spacial score (nSPS) is 13.5. The number of aryl methyl sites for hydroxylation is 2. The Kier molecular flexibility index (Phi) is 12.5. The number of anilines is 2. The average Bonchev–Trinajstić information content (AvgIpc) is 3.02. The largest absolute Gasteiger partial charge is 0.399 e. The second kappa shape index (κ2) is 16.5. The van der Waals surface area contributed by atoms with Crippen molar-refractivity contribution in [2.24, 2.45) is 0 Å². The van der Waals surface area contributed by atoms with Crippen molar-refractivity contribution < 1.29 is 0 Å². The van der Waals surface area contributed by atoms with E-state index in [1.165, 1.54) is 70.2 Å². The third-order valence-corrected chi connectivity index (χ3v) is 9.46. The van der Waals surface area contributed by atoms with Gasteiger partial charge in [-0.05, 0) is 115 Å². The Bertz CT molecular complexity index is 1330. The minimum absolute atomic E-state index is 0.376. The summed E-state index contributed by atoms with van der Waals surface area (Å²) in [7, 11) is 0. The van der Waals surface area contributed by atoms with Crippen molar-refractivity contribution >= 4 is 11.4 Å². The number of hydrogen-bond donors (Lipinski definition) is 2. The topological polar surface area (TPSA) is 52.0 Å². The Hall–Kier alpha value is -3.52. The van der Waals surface area contributed by atoms with Crippen LogP contribution < -0.4 is 11.5 Å². The van der Waals surface area contributed by atoms with E-state index in [9.17, 15) is 0 Å². The van der Waals surface area contributed by atoms with Crippen LogP contribution in [0.3, 0.4) is 0 Å². The van der Waals surface area contributed by atoms with Crippen LogP contribution in [-0.4, -0.2) is 0 Å². The fourth-order valence-electron chi connectivity index (χ4n) is 6.94. The molecule has 0 aliphatic heterocycles. The molecule has 44 heavy (non-hydrogen) atoms. The van der Waals surface area contributed by atoms with Crippen LogP contribution in [0.5, 0.6) is 0 Å². The summed E-state index contributed by atoms with van der Waals surface area (Å²) in [4.78, 5) is 0. The summed E-state index contributed by atoms with van der Waals surface area (Å²) in [6.45, 7) is 11.2. The second-order valence-corrected chi connectivity index (χ2v) is 12.8. The van der Waals surface area contributed by atoms with Gasteiger partial charge in [0.1, 0.15) is 0 Å². The van der Waals surface area contributed by atoms with Crippen molar-refractivity contribution in [3.05, 3.63) is 136 Å². The van der Waals surface area contributed by atoms with Crippen molar-refractivity contribution in [3.63, 3.8) is 0 Å². The maximum Gasteiger partial charge on any atom is 0.0316 e. The molecule has 0 bridgehead atoms. The van der Waals surface area contributed by atoms with Gasteiger partial charge in [-0.3, -0.25) is 0 Å². The van der Waals surface area contributed by atoms with Crippen molar-refractivity contribution in [3.8, 4) is 0 Å². The number of nitrogen functional groups attached to an aromatic ring is 2. The highest BCUT2D eigenvalue weighted by Gasteiger charge is 2.20. The quantitative estimate of drug-likeness (QED) is 0.101. The van der Waals surface area contributed by atoms with E-state index < -0.39 is 0 Å². The zero-order chi connectivity index (χ0) is 31.5. The lowest BCUT2D eigenvalue weighted by Gasteiger charge is -2.24. The first-order valence-corrected chi connectivity index (χ1v) is 17.1.